The van der Waals surface area contributed by atoms with Crippen LogP contribution in [0.15, 0.2) is 12.3 Å². The van der Waals surface area contributed by atoms with Crippen molar-refractivity contribution in [2.24, 2.45) is 5.73 Å². The van der Waals surface area contributed by atoms with E-state index in [2.05, 4.69) is 15.0 Å². The van der Waals surface area contributed by atoms with Gasteiger partial charge in [-0.1, -0.05) is 13.8 Å². The highest BCUT2D eigenvalue weighted by Gasteiger charge is 2.23. The van der Waals surface area contributed by atoms with Gasteiger partial charge in [0.2, 0.25) is 5.95 Å². The van der Waals surface area contributed by atoms with E-state index >= 15 is 0 Å². The molecule has 0 fully saturated rings. The number of carbonyl (C=O) groups excluding carboxylic acids is 2. The number of carbonyl (C=O) groups is 2. The van der Waals surface area contributed by atoms with Crippen LogP contribution in [-0.4, -0.2) is 49.3 Å². The maximum atomic E-state index is 12.8. The number of amides is 2. The number of primary amides is 1. The molecule has 9 nitrogen and oxygen atoms in total. The lowest BCUT2D eigenvalue weighted by Gasteiger charge is -2.20. The quantitative estimate of drug-likeness (QED) is 0.816. The molecule has 0 radical (unpaired) electrons. The Morgan fingerprint density at radius 3 is 2.56 bits per heavy atom. The molecule has 132 valence electrons. The molecule has 0 bridgehead atoms. The number of nitrogens with two attached hydrogens (primary N) is 2. The van der Waals surface area contributed by atoms with Crippen LogP contribution in [0, 0.1) is 0 Å². The summed E-state index contributed by atoms with van der Waals surface area (Å²) in [6, 6.07) is 1.69. The third kappa shape index (κ3) is 3.44. The van der Waals surface area contributed by atoms with Crippen molar-refractivity contribution in [3.8, 4) is 0 Å². The Bertz CT molecular complexity index is 802. The number of hydrogen-bond donors (Lipinski definition) is 2. The van der Waals surface area contributed by atoms with Crippen LogP contribution in [0.5, 0.6) is 0 Å². The summed E-state index contributed by atoms with van der Waals surface area (Å²) in [5.41, 5.74) is 12.3. The summed E-state index contributed by atoms with van der Waals surface area (Å²) in [7, 11) is 0. The van der Waals surface area contributed by atoms with Gasteiger partial charge in [-0.2, -0.15) is 0 Å². The summed E-state index contributed by atoms with van der Waals surface area (Å²) in [6.07, 6.45) is 2.17. The van der Waals surface area contributed by atoms with Crippen LogP contribution in [0.4, 0.5) is 5.95 Å². The molecule has 0 atom stereocenters. The summed E-state index contributed by atoms with van der Waals surface area (Å²) in [6.45, 7) is 5.48. The lowest BCUT2D eigenvalue weighted by molar-refractivity contribution is 0.0752. The molecule has 4 N–H and O–H groups in total. The van der Waals surface area contributed by atoms with Gasteiger partial charge in [-0.25, -0.2) is 15.0 Å². The predicted octanol–water partition coefficient (Wildman–Crippen LogP) is 0.176. The molecule has 9 heteroatoms. The average Bonchev–Trinajstić information content (AvgIpc) is 2.87. The van der Waals surface area contributed by atoms with E-state index in [-0.39, 0.29) is 23.5 Å². The largest absolute Gasteiger partial charge is 0.368 e. The maximum Gasteiger partial charge on any atom is 0.272 e. The van der Waals surface area contributed by atoms with Crippen molar-refractivity contribution >= 4 is 17.8 Å². The number of hydrogen-bond acceptors (Lipinski definition) is 6. The molecule has 25 heavy (non-hydrogen) atoms. The zero-order valence-corrected chi connectivity index (χ0v) is 14.3. The number of nitrogens with zero attached hydrogens (tertiary/aromatic N) is 5. The van der Waals surface area contributed by atoms with Crippen molar-refractivity contribution in [2.45, 2.75) is 32.7 Å². The first-order valence-electron chi connectivity index (χ1n) is 8.14. The molecule has 2 aromatic heterocycles. The van der Waals surface area contributed by atoms with Crippen LogP contribution in [0.2, 0.25) is 0 Å². The highest BCUT2D eigenvalue weighted by molar-refractivity contribution is 5.93. The molecular formula is C16H21N7O2. The van der Waals surface area contributed by atoms with Crippen molar-refractivity contribution in [3.05, 3.63) is 35.2 Å². The first-order chi connectivity index (χ1) is 11.8. The Morgan fingerprint density at radius 1 is 1.12 bits per heavy atom. The second-order valence-corrected chi connectivity index (χ2v) is 6.33. The topological polar surface area (TPSA) is 133 Å². The Morgan fingerprint density at radius 2 is 1.88 bits per heavy atom. The molecule has 0 saturated heterocycles. The average molecular weight is 343 g/mol. The monoisotopic (exact) mass is 343 g/mol. The molecule has 0 saturated carbocycles. The second-order valence-electron chi connectivity index (χ2n) is 6.33. The highest BCUT2D eigenvalue weighted by atomic mass is 16.2. The van der Waals surface area contributed by atoms with Gasteiger partial charge in [-0.15, -0.1) is 0 Å². The number of fused-ring (bicyclic) bond motifs is 1. The van der Waals surface area contributed by atoms with Gasteiger partial charge in [-0.05, 0) is 12.0 Å². The number of anilines is 1. The Hall–Kier alpha value is -2.97. The maximum absolute atomic E-state index is 12.8. The minimum atomic E-state index is -0.550. The summed E-state index contributed by atoms with van der Waals surface area (Å²) >= 11 is 0. The Kier molecular flexibility index (Phi) is 4.39. The van der Waals surface area contributed by atoms with E-state index in [1.54, 1.807) is 17.2 Å². The van der Waals surface area contributed by atoms with Crippen molar-refractivity contribution < 1.29 is 9.59 Å². The Balaban J connectivity index is 1.78. The van der Waals surface area contributed by atoms with E-state index in [0.29, 0.717) is 31.7 Å². The third-order valence-electron chi connectivity index (χ3n) is 4.19. The van der Waals surface area contributed by atoms with Crippen LogP contribution >= 0.6 is 0 Å². The van der Waals surface area contributed by atoms with Crippen molar-refractivity contribution in [2.75, 3.05) is 18.8 Å². The van der Waals surface area contributed by atoms with Crippen LogP contribution in [-0.2, 0) is 13.0 Å². The second kappa shape index (κ2) is 6.50. The smallest absolute Gasteiger partial charge is 0.272 e. The zero-order chi connectivity index (χ0) is 18.1. The molecule has 3 heterocycles. The highest BCUT2D eigenvalue weighted by Crippen LogP contribution is 2.16. The fourth-order valence-electron chi connectivity index (χ4n) is 2.80. The van der Waals surface area contributed by atoms with Gasteiger partial charge in [-0.3, -0.25) is 9.59 Å². The van der Waals surface area contributed by atoms with Gasteiger partial charge in [0.15, 0.2) is 0 Å². The summed E-state index contributed by atoms with van der Waals surface area (Å²) < 4.78 is 1.86. The minimum absolute atomic E-state index is 0.100. The van der Waals surface area contributed by atoms with Gasteiger partial charge in [0.1, 0.15) is 17.2 Å². The van der Waals surface area contributed by atoms with Crippen molar-refractivity contribution in [1.29, 1.82) is 0 Å². The molecule has 0 spiro atoms. The summed E-state index contributed by atoms with van der Waals surface area (Å²) in [5.74, 6) is 0.263. The van der Waals surface area contributed by atoms with E-state index in [0.717, 1.165) is 11.5 Å². The third-order valence-corrected chi connectivity index (χ3v) is 4.19. The molecule has 2 amide bonds. The minimum Gasteiger partial charge on any atom is -0.368 e. The van der Waals surface area contributed by atoms with E-state index in [1.807, 2.05) is 18.4 Å². The molecule has 1 aliphatic rings. The predicted molar refractivity (Wildman–Crippen MR) is 90.9 cm³/mol. The normalized spacial score (nSPS) is 14.3. The van der Waals surface area contributed by atoms with Crippen molar-refractivity contribution in [3.63, 3.8) is 0 Å². The van der Waals surface area contributed by atoms with Gasteiger partial charge < -0.3 is 20.9 Å². The van der Waals surface area contributed by atoms with Gasteiger partial charge in [0.05, 0.1) is 0 Å². The lowest BCUT2D eigenvalue weighted by Crippen LogP contribution is -2.34. The van der Waals surface area contributed by atoms with Crippen LogP contribution in [0.1, 0.15) is 52.3 Å². The summed E-state index contributed by atoms with van der Waals surface area (Å²) in [5, 5.41) is 0. The van der Waals surface area contributed by atoms with Gasteiger partial charge in [0.25, 0.3) is 11.8 Å². The zero-order valence-electron chi connectivity index (χ0n) is 14.3. The first kappa shape index (κ1) is 16.9. The van der Waals surface area contributed by atoms with Crippen LogP contribution in [0.25, 0.3) is 0 Å². The molecule has 0 unspecified atom stereocenters. The first-order valence-corrected chi connectivity index (χ1v) is 8.14. The van der Waals surface area contributed by atoms with Crippen LogP contribution in [0.3, 0.4) is 0 Å². The standard InChI is InChI=1S/C16H21N7O2/c1-9(2)10-7-11(21-16(18)20-10)15(25)22-4-3-13-19-12(14(17)24)8-23(13)6-5-22/h7-9H,3-6H2,1-2H3,(H2,17,24)(H2,18,20,21). The molecule has 3 rings (SSSR count). The number of aromatic nitrogens is 4. The molecule has 1 aliphatic heterocycles. The molecule has 0 aliphatic carbocycles. The van der Waals surface area contributed by atoms with Gasteiger partial charge in [0, 0.05) is 37.9 Å². The Labute approximate surface area is 145 Å². The van der Waals surface area contributed by atoms with E-state index < -0.39 is 5.91 Å². The number of rotatable bonds is 3. The number of nitrogen functional groups attached to an aromatic ring is 1. The van der Waals surface area contributed by atoms with Crippen LogP contribution < -0.4 is 11.5 Å². The fourth-order valence-corrected chi connectivity index (χ4v) is 2.80. The van der Waals surface area contributed by atoms with E-state index in [9.17, 15) is 9.59 Å². The van der Waals surface area contributed by atoms with Crippen molar-refractivity contribution in [1.82, 2.24) is 24.4 Å². The lowest BCUT2D eigenvalue weighted by atomic mass is 10.1. The molecular weight excluding hydrogens is 322 g/mol. The SMILES string of the molecule is CC(C)c1cc(C(=O)N2CCc3nc(C(N)=O)cn3CC2)nc(N)n1. The molecule has 2 aromatic rings. The number of imidazole rings is 1. The van der Waals surface area contributed by atoms with E-state index in [1.165, 1.54) is 0 Å². The van der Waals surface area contributed by atoms with E-state index in [4.69, 9.17) is 11.5 Å². The summed E-state index contributed by atoms with van der Waals surface area (Å²) in [4.78, 5) is 38.2. The fraction of sp³-hybridized carbons (Fsp3) is 0.438. The molecule has 0 aromatic carbocycles. The van der Waals surface area contributed by atoms with Gasteiger partial charge >= 0.3 is 0 Å².